The maximum atomic E-state index is 14.5. The Bertz CT molecular complexity index is 1870. The van der Waals surface area contributed by atoms with Crippen molar-refractivity contribution in [3.05, 3.63) is 53.6 Å². The van der Waals surface area contributed by atoms with E-state index in [9.17, 15) is 33.9 Å². The smallest absolute Gasteiger partial charge is 0.410 e. The van der Waals surface area contributed by atoms with Gasteiger partial charge in [-0.3, -0.25) is 19.2 Å². The average molecular weight is 836 g/mol. The summed E-state index contributed by atoms with van der Waals surface area (Å²) in [6, 6.07) is 6.22. The lowest BCUT2D eigenvalue weighted by Gasteiger charge is -2.59. The SMILES string of the molecule is CCCC1O[C@@H]2CC3C4CCC5=CC(=O)C=C[C@]5(C)C4[C@@H](O)C[C@]3(C)[C@]2(C(=O)COCN(C)C(=O)CN(C)C(=O)OCc2ccc(NC(=O)CCCCNC(N)=O)cc2)O1. The molecular weight excluding hydrogens is 775 g/mol. The van der Waals surface area contributed by atoms with E-state index < -0.39 is 53.0 Å². The molecule has 0 radical (unpaired) electrons. The van der Waals surface area contributed by atoms with Crippen LogP contribution in [-0.4, -0.2) is 115 Å². The predicted octanol–water partition coefficient (Wildman–Crippen LogP) is 4.20. The molecule has 16 heteroatoms. The fourth-order valence-electron chi connectivity index (χ4n) is 10.6. The number of nitrogens with zero attached hydrogens (tertiary/aromatic N) is 2. The van der Waals surface area contributed by atoms with E-state index >= 15 is 0 Å². The Balaban J connectivity index is 0.987. The number of hydrogen-bond acceptors (Lipinski definition) is 11. The van der Waals surface area contributed by atoms with Gasteiger partial charge in [0.05, 0.1) is 12.2 Å². The second-order valence-corrected chi connectivity index (χ2v) is 17.5. The van der Waals surface area contributed by atoms with Crippen molar-refractivity contribution in [1.29, 1.82) is 0 Å². The number of nitrogens with one attached hydrogen (secondary N) is 2. The number of carbonyl (C=O) groups excluding carboxylic acids is 6. The van der Waals surface area contributed by atoms with Crippen LogP contribution in [0.15, 0.2) is 48.1 Å². The molecule has 16 nitrogen and oxygen atoms in total. The number of aliphatic hydroxyl groups is 1. The molecule has 1 saturated heterocycles. The summed E-state index contributed by atoms with van der Waals surface area (Å²) in [6.45, 7) is 5.70. The first-order chi connectivity index (χ1) is 28.5. The van der Waals surface area contributed by atoms with Gasteiger partial charge in [-0.25, -0.2) is 9.59 Å². The number of Topliss-reactive ketones (excluding diaryl/α,β-unsaturated/α-hetero) is 1. The van der Waals surface area contributed by atoms with E-state index in [0.29, 0.717) is 49.9 Å². The second kappa shape index (κ2) is 18.5. The van der Waals surface area contributed by atoms with Crippen molar-refractivity contribution in [2.45, 2.75) is 109 Å². The third-order valence-corrected chi connectivity index (χ3v) is 13.6. The van der Waals surface area contributed by atoms with Gasteiger partial charge in [0.15, 0.2) is 23.5 Å². The molecule has 1 aliphatic heterocycles. The van der Waals surface area contributed by atoms with Crippen LogP contribution in [-0.2, 0) is 44.7 Å². The fourth-order valence-corrected chi connectivity index (χ4v) is 10.6. The van der Waals surface area contributed by atoms with Crippen LogP contribution in [0.2, 0.25) is 0 Å². The molecule has 5 aliphatic rings. The lowest BCUT2D eigenvalue weighted by Crippen LogP contribution is -2.63. The summed E-state index contributed by atoms with van der Waals surface area (Å²) in [5.41, 5.74) is 4.81. The number of unbranched alkanes of at least 4 members (excludes halogenated alkanes) is 1. The zero-order valence-electron chi connectivity index (χ0n) is 35.4. The molecule has 0 spiro atoms. The van der Waals surface area contributed by atoms with E-state index in [1.807, 2.05) is 13.0 Å². The number of urea groups is 1. The number of likely N-dealkylation sites (N-methyl/N-ethyl adjacent to an activating group) is 2. The maximum absolute atomic E-state index is 14.5. The van der Waals surface area contributed by atoms with Gasteiger partial charge in [0.2, 0.25) is 11.8 Å². The van der Waals surface area contributed by atoms with E-state index in [-0.39, 0.29) is 68.1 Å². The Morgan fingerprint density at radius 3 is 2.53 bits per heavy atom. The monoisotopic (exact) mass is 835 g/mol. The minimum Gasteiger partial charge on any atom is -0.445 e. The molecule has 1 aromatic carbocycles. The summed E-state index contributed by atoms with van der Waals surface area (Å²) in [7, 11) is 2.96. The molecule has 1 heterocycles. The number of aliphatic hydroxyl groups excluding tert-OH is 1. The molecule has 328 valence electrons. The van der Waals surface area contributed by atoms with Crippen molar-refractivity contribution in [2.75, 3.05) is 45.8 Å². The van der Waals surface area contributed by atoms with Crippen molar-refractivity contribution >= 4 is 41.2 Å². The molecule has 60 heavy (non-hydrogen) atoms. The normalized spacial score (nSPS) is 31.2. The second-order valence-electron chi connectivity index (χ2n) is 17.5. The molecule has 4 unspecified atom stereocenters. The quantitative estimate of drug-likeness (QED) is 0.129. The number of rotatable bonds is 17. The van der Waals surface area contributed by atoms with Crippen LogP contribution in [0.3, 0.4) is 0 Å². The van der Waals surface area contributed by atoms with E-state index in [1.54, 1.807) is 36.4 Å². The largest absolute Gasteiger partial charge is 0.445 e. The molecule has 1 aromatic rings. The number of ether oxygens (including phenoxy) is 4. The van der Waals surface area contributed by atoms with Crippen LogP contribution in [0, 0.1) is 28.6 Å². The fraction of sp³-hybridized carbons (Fsp3) is 0.636. The highest BCUT2D eigenvalue weighted by Gasteiger charge is 2.75. The van der Waals surface area contributed by atoms with Crippen LogP contribution >= 0.6 is 0 Å². The Hall–Kier alpha value is -4.64. The number of benzene rings is 1. The Labute approximate surface area is 351 Å². The number of anilines is 1. The molecule has 3 saturated carbocycles. The first kappa shape index (κ1) is 44.9. The van der Waals surface area contributed by atoms with Gasteiger partial charge in [-0.1, -0.05) is 51.0 Å². The number of allylic oxidation sites excluding steroid dienone is 4. The van der Waals surface area contributed by atoms with Crippen LogP contribution in [0.5, 0.6) is 0 Å². The van der Waals surface area contributed by atoms with Crippen molar-refractivity contribution in [3.63, 3.8) is 0 Å². The van der Waals surface area contributed by atoms with Crippen LogP contribution in [0.25, 0.3) is 0 Å². The molecule has 5 amide bonds. The molecule has 0 aromatic heterocycles. The number of hydrogen-bond donors (Lipinski definition) is 4. The zero-order valence-corrected chi connectivity index (χ0v) is 35.4. The third-order valence-electron chi connectivity index (χ3n) is 13.6. The highest BCUT2D eigenvalue weighted by molar-refractivity contribution is 6.01. The summed E-state index contributed by atoms with van der Waals surface area (Å²) in [5, 5.41) is 17.3. The first-order valence-corrected chi connectivity index (χ1v) is 21.1. The number of amides is 5. The molecule has 5 N–H and O–H groups in total. The van der Waals surface area contributed by atoms with Crippen molar-refractivity contribution < 1.29 is 52.8 Å². The topological polar surface area (TPSA) is 216 Å². The van der Waals surface area contributed by atoms with Gasteiger partial charge in [-0.05, 0) is 86.6 Å². The van der Waals surface area contributed by atoms with Gasteiger partial charge in [0.25, 0.3) is 0 Å². The highest BCUT2D eigenvalue weighted by Crippen LogP contribution is 2.69. The maximum Gasteiger partial charge on any atom is 0.410 e. The van der Waals surface area contributed by atoms with E-state index in [1.165, 1.54) is 19.0 Å². The Morgan fingerprint density at radius 2 is 1.82 bits per heavy atom. The van der Waals surface area contributed by atoms with Gasteiger partial charge < -0.3 is 50.2 Å². The molecule has 6 rings (SSSR count). The Morgan fingerprint density at radius 1 is 1.07 bits per heavy atom. The van der Waals surface area contributed by atoms with E-state index in [4.69, 9.17) is 24.7 Å². The molecular formula is C44H61N5O11. The van der Waals surface area contributed by atoms with E-state index in [0.717, 1.165) is 29.7 Å². The Kier molecular flexibility index (Phi) is 13.9. The summed E-state index contributed by atoms with van der Waals surface area (Å²) in [4.78, 5) is 78.1. The lowest BCUT2D eigenvalue weighted by atomic mass is 9.46. The van der Waals surface area contributed by atoms with Crippen LogP contribution < -0.4 is 16.4 Å². The third kappa shape index (κ3) is 9.02. The number of carbonyl (C=O) groups is 6. The van der Waals surface area contributed by atoms with Gasteiger partial charge >= 0.3 is 12.1 Å². The van der Waals surface area contributed by atoms with Crippen LogP contribution in [0.1, 0.15) is 84.1 Å². The van der Waals surface area contributed by atoms with Crippen molar-refractivity contribution in [3.8, 4) is 0 Å². The molecule has 0 bridgehead atoms. The summed E-state index contributed by atoms with van der Waals surface area (Å²) >= 11 is 0. The number of nitrogens with two attached hydrogens (primary N) is 1. The predicted molar refractivity (Wildman–Crippen MR) is 219 cm³/mol. The summed E-state index contributed by atoms with van der Waals surface area (Å²) in [6.07, 6.45) is 8.16. The van der Waals surface area contributed by atoms with E-state index in [2.05, 4.69) is 24.5 Å². The number of primary amides is 1. The van der Waals surface area contributed by atoms with Gasteiger partial charge in [-0.2, -0.15) is 0 Å². The van der Waals surface area contributed by atoms with Gasteiger partial charge in [0, 0.05) is 49.5 Å². The minimum absolute atomic E-state index is 0.0240. The van der Waals surface area contributed by atoms with Crippen LogP contribution in [0.4, 0.5) is 15.3 Å². The summed E-state index contributed by atoms with van der Waals surface area (Å²) in [5.74, 6) is -0.909. The van der Waals surface area contributed by atoms with Crippen molar-refractivity contribution in [1.82, 2.24) is 15.1 Å². The van der Waals surface area contributed by atoms with Gasteiger partial charge in [0.1, 0.15) is 26.5 Å². The van der Waals surface area contributed by atoms with Crippen molar-refractivity contribution in [2.24, 2.45) is 34.3 Å². The standard InChI is InChI=1S/C44H61N5O11/c1-6-9-38-59-35-21-32-31-16-13-28-20-30(50)17-18-42(28,2)39(31)33(51)22-43(32,3)44(35,60-38)34(52)25-57-26-49(5)37(54)23-48(4)41(56)58-24-27-11-14-29(15-12-27)47-36(53)10-7-8-19-46-40(45)55/h11-12,14-15,17-18,20,31-33,35,38-39,51H,6-10,13,16,19,21-26H2,1-5H3,(H,47,53)(H3,45,46,55)/t31?,32?,33-,35+,38?,39?,42-,43-,44+/m0/s1. The lowest BCUT2D eigenvalue weighted by molar-refractivity contribution is -0.201. The minimum atomic E-state index is -1.34. The first-order valence-electron chi connectivity index (χ1n) is 21.1. The molecule has 4 fully saturated rings. The average Bonchev–Trinajstić information content (AvgIpc) is 3.68. The summed E-state index contributed by atoms with van der Waals surface area (Å²) < 4.78 is 24.5. The molecule has 4 aliphatic carbocycles. The highest BCUT2D eigenvalue weighted by atomic mass is 16.7. The zero-order chi connectivity index (χ0) is 43.4. The van der Waals surface area contributed by atoms with Gasteiger partial charge in [-0.15, -0.1) is 0 Å². The number of ketones is 2. The number of fused-ring (bicyclic) bond motifs is 7. The molecule has 9 atom stereocenters.